The Labute approximate surface area is 80.3 Å². The van der Waals surface area contributed by atoms with Gasteiger partial charge in [-0.25, -0.2) is 0 Å². The molecular formula is C10H8N2O2. The van der Waals surface area contributed by atoms with Crippen molar-refractivity contribution in [1.82, 2.24) is 5.16 Å². The van der Waals surface area contributed by atoms with Crippen LogP contribution in [0.1, 0.15) is 11.3 Å². The molecule has 14 heavy (non-hydrogen) atoms. The van der Waals surface area contributed by atoms with Crippen LogP contribution in [-0.4, -0.2) is 5.16 Å². The van der Waals surface area contributed by atoms with Gasteiger partial charge in [-0.2, -0.15) is 0 Å². The van der Waals surface area contributed by atoms with Crippen molar-refractivity contribution in [3.05, 3.63) is 40.7 Å². The molecule has 0 fully saturated rings. The van der Waals surface area contributed by atoms with E-state index in [-0.39, 0.29) is 0 Å². The van der Waals surface area contributed by atoms with Gasteiger partial charge in [0.15, 0.2) is 0 Å². The number of hydrogen-bond donors (Lipinski definition) is 0. The van der Waals surface area contributed by atoms with Crippen LogP contribution in [0.3, 0.4) is 0 Å². The first kappa shape index (κ1) is 7.55. The second-order valence-electron chi connectivity index (χ2n) is 3.38. The molecule has 70 valence electrons. The van der Waals surface area contributed by atoms with E-state index in [1.807, 2.05) is 18.2 Å². The maximum atomic E-state index is 11.2. The van der Waals surface area contributed by atoms with Gasteiger partial charge in [0.2, 0.25) is 5.69 Å². The topological polar surface area (TPSA) is 53.0 Å². The molecule has 0 amide bonds. The van der Waals surface area contributed by atoms with Crippen LogP contribution in [0.4, 0.5) is 0 Å². The molecule has 1 aromatic heterocycles. The highest BCUT2D eigenvalue weighted by Gasteiger charge is 2.26. The van der Waals surface area contributed by atoms with E-state index in [2.05, 4.69) is 15.9 Å². The fraction of sp³-hybridized carbons (Fsp3) is 0.200. The molecule has 3 rings (SSSR count). The lowest BCUT2D eigenvalue weighted by atomic mass is 9.92. The highest BCUT2D eigenvalue weighted by molar-refractivity contribution is 5.66. The molecule has 1 aromatic carbocycles. The summed E-state index contributed by atoms with van der Waals surface area (Å²) in [4.78, 5) is 0.505. The summed E-state index contributed by atoms with van der Waals surface area (Å²) in [6.07, 6.45) is 1.59. The minimum absolute atomic E-state index is 0.505. The van der Waals surface area contributed by atoms with Crippen LogP contribution in [0.5, 0.6) is 0 Å². The van der Waals surface area contributed by atoms with Gasteiger partial charge in [-0.15, -0.1) is 0 Å². The van der Waals surface area contributed by atoms with Crippen LogP contribution < -0.4 is 4.90 Å². The second kappa shape index (κ2) is 2.57. The zero-order chi connectivity index (χ0) is 9.54. The van der Waals surface area contributed by atoms with Crippen molar-refractivity contribution < 1.29 is 9.53 Å². The summed E-state index contributed by atoms with van der Waals surface area (Å²) in [5.74, 6) is 0. The normalized spacial score (nSPS) is 13.4. The quantitative estimate of drug-likeness (QED) is 0.581. The van der Waals surface area contributed by atoms with Gasteiger partial charge in [-0.1, -0.05) is 24.3 Å². The van der Waals surface area contributed by atoms with Crippen molar-refractivity contribution in [2.75, 3.05) is 0 Å². The van der Waals surface area contributed by atoms with Gasteiger partial charge in [0.25, 0.3) is 5.69 Å². The summed E-state index contributed by atoms with van der Waals surface area (Å²) in [6, 6.07) is 7.96. The summed E-state index contributed by atoms with van der Waals surface area (Å²) in [7, 11) is 0. The highest BCUT2D eigenvalue weighted by Crippen LogP contribution is 2.29. The van der Waals surface area contributed by atoms with Gasteiger partial charge >= 0.3 is 0 Å². The molecule has 0 saturated carbocycles. The van der Waals surface area contributed by atoms with Gasteiger partial charge in [-0.05, 0) is 16.9 Å². The Morgan fingerprint density at radius 3 is 3.07 bits per heavy atom. The van der Waals surface area contributed by atoms with E-state index in [1.165, 1.54) is 5.56 Å². The summed E-state index contributed by atoms with van der Waals surface area (Å²) in [5.41, 5.74) is 3.59. The molecule has 4 nitrogen and oxygen atoms in total. The van der Waals surface area contributed by atoms with Crippen LogP contribution in [0, 0.1) is 5.21 Å². The van der Waals surface area contributed by atoms with Crippen LogP contribution >= 0.6 is 0 Å². The van der Waals surface area contributed by atoms with Crippen LogP contribution in [-0.2, 0) is 12.8 Å². The highest BCUT2D eigenvalue weighted by atomic mass is 16.8. The summed E-state index contributed by atoms with van der Waals surface area (Å²) >= 11 is 0. The van der Waals surface area contributed by atoms with Crippen molar-refractivity contribution in [1.29, 1.82) is 0 Å². The number of hydrogen-bond acceptors (Lipinski definition) is 3. The molecule has 0 aliphatic heterocycles. The fourth-order valence-electron chi connectivity index (χ4n) is 1.90. The number of nitrogens with zero attached hydrogens (tertiary/aromatic N) is 2. The smallest absolute Gasteiger partial charge is 0.251 e. The first-order valence-corrected chi connectivity index (χ1v) is 4.53. The molecule has 1 aliphatic carbocycles. The molecule has 1 heterocycles. The number of fused-ring (bicyclic) bond motifs is 3. The van der Waals surface area contributed by atoms with Gasteiger partial charge in [0, 0.05) is 17.1 Å². The Hall–Kier alpha value is -1.84. The average molecular weight is 188 g/mol. The van der Waals surface area contributed by atoms with Crippen molar-refractivity contribution in [3.8, 4) is 11.3 Å². The molecule has 0 N–H and O–H groups in total. The lowest BCUT2D eigenvalue weighted by molar-refractivity contribution is -0.807. The van der Waals surface area contributed by atoms with Crippen molar-refractivity contribution >= 4 is 0 Å². The Bertz CT molecular complexity index is 491. The van der Waals surface area contributed by atoms with Crippen molar-refractivity contribution in [3.63, 3.8) is 0 Å². The zero-order valence-corrected chi connectivity index (χ0v) is 7.43. The van der Waals surface area contributed by atoms with E-state index in [9.17, 15) is 5.21 Å². The Balaban J connectivity index is 2.29. The third-order valence-electron chi connectivity index (χ3n) is 2.60. The first-order valence-electron chi connectivity index (χ1n) is 4.53. The lowest BCUT2D eigenvalue weighted by Gasteiger charge is -2.09. The van der Waals surface area contributed by atoms with Crippen LogP contribution in [0.25, 0.3) is 11.3 Å². The van der Waals surface area contributed by atoms with Crippen molar-refractivity contribution in [2.24, 2.45) is 0 Å². The Kier molecular flexibility index (Phi) is 1.39. The molecule has 0 spiro atoms. The minimum atomic E-state index is 0.505. The molecule has 0 unspecified atom stereocenters. The summed E-state index contributed by atoms with van der Waals surface area (Å²) < 4.78 is 4.59. The number of rotatable bonds is 0. The largest absolute Gasteiger partial charge is 0.359 e. The van der Waals surface area contributed by atoms with Gasteiger partial charge in [0.1, 0.15) is 0 Å². The molecule has 4 heteroatoms. The third-order valence-corrected chi connectivity index (χ3v) is 2.60. The molecule has 2 aromatic rings. The zero-order valence-electron chi connectivity index (χ0n) is 7.43. The standard InChI is InChI=1S/C10H8N2O2/c13-12-9-6-5-7-3-1-2-4-8(7)10(9)11-14-12/h1-4H,5-6H2. The van der Waals surface area contributed by atoms with E-state index in [0.717, 1.165) is 12.0 Å². The first-order chi connectivity index (χ1) is 6.86. The monoisotopic (exact) mass is 188 g/mol. The number of aromatic nitrogens is 2. The third kappa shape index (κ3) is 0.878. The lowest BCUT2D eigenvalue weighted by Crippen LogP contribution is -2.29. The fourth-order valence-corrected chi connectivity index (χ4v) is 1.90. The van der Waals surface area contributed by atoms with Crippen molar-refractivity contribution in [2.45, 2.75) is 12.8 Å². The van der Waals surface area contributed by atoms with E-state index in [0.29, 0.717) is 22.7 Å². The maximum absolute atomic E-state index is 11.2. The van der Waals surface area contributed by atoms with Gasteiger partial charge in [-0.3, -0.25) is 4.63 Å². The predicted molar refractivity (Wildman–Crippen MR) is 48.3 cm³/mol. The molecule has 0 saturated heterocycles. The molecule has 1 aliphatic rings. The Morgan fingerprint density at radius 2 is 2.14 bits per heavy atom. The van der Waals surface area contributed by atoms with Crippen LogP contribution in [0.2, 0.25) is 0 Å². The van der Waals surface area contributed by atoms with E-state index in [4.69, 9.17) is 0 Å². The molecule has 0 radical (unpaired) electrons. The van der Waals surface area contributed by atoms with E-state index < -0.39 is 0 Å². The minimum Gasteiger partial charge on any atom is -0.359 e. The average Bonchev–Trinajstić information content (AvgIpc) is 2.61. The van der Waals surface area contributed by atoms with Gasteiger partial charge in [0.05, 0.1) is 0 Å². The SMILES string of the molecule is [O-][n+]1onc2c1CCc1ccccc1-2. The second-order valence-corrected chi connectivity index (χ2v) is 3.38. The summed E-state index contributed by atoms with van der Waals surface area (Å²) in [6.45, 7) is 0. The number of aryl methyl sites for hydroxylation is 1. The Morgan fingerprint density at radius 1 is 1.29 bits per heavy atom. The van der Waals surface area contributed by atoms with Gasteiger partial charge < -0.3 is 5.21 Å². The number of benzene rings is 1. The predicted octanol–water partition coefficient (Wildman–Crippen LogP) is 1.07. The molecule has 0 bridgehead atoms. The van der Waals surface area contributed by atoms with E-state index >= 15 is 0 Å². The van der Waals surface area contributed by atoms with Crippen LogP contribution in [0.15, 0.2) is 28.9 Å². The van der Waals surface area contributed by atoms with E-state index in [1.54, 1.807) is 0 Å². The summed E-state index contributed by atoms with van der Waals surface area (Å²) in [5, 5.41) is 14.9. The molecular weight excluding hydrogens is 180 g/mol. The maximum Gasteiger partial charge on any atom is 0.251 e. The molecule has 0 atom stereocenters.